The number of aliphatic hydroxyl groups excluding tert-OH is 1. The van der Waals surface area contributed by atoms with Gasteiger partial charge in [-0.2, -0.15) is 0 Å². The van der Waals surface area contributed by atoms with Crippen LogP contribution < -0.4 is 0 Å². The van der Waals surface area contributed by atoms with Crippen molar-refractivity contribution in [1.29, 1.82) is 0 Å². The van der Waals surface area contributed by atoms with E-state index in [4.69, 9.17) is 4.74 Å². The number of amides is 1. The Hall–Kier alpha value is -1.55. The number of likely N-dealkylation sites (N-methyl/N-ethyl adjacent to an activating group) is 1. The van der Waals surface area contributed by atoms with Crippen LogP contribution in [0.2, 0.25) is 0 Å². The summed E-state index contributed by atoms with van der Waals surface area (Å²) >= 11 is 0. The number of nitrogens with zero attached hydrogens (tertiary/aromatic N) is 1. The third-order valence-corrected chi connectivity index (χ3v) is 2.58. The Kier molecular flexibility index (Phi) is 4.95. The molecule has 0 saturated heterocycles. The number of carbonyl (C=O) groups is 1. The molecule has 1 rings (SSSR count). The van der Waals surface area contributed by atoms with E-state index in [2.05, 4.69) is 0 Å². The summed E-state index contributed by atoms with van der Waals surface area (Å²) in [5.74, 6) is 0. The summed E-state index contributed by atoms with van der Waals surface area (Å²) < 4.78 is 5.24. The van der Waals surface area contributed by atoms with Gasteiger partial charge in [0.05, 0.1) is 12.6 Å². The van der Waals surface area contributed by atoms with Crippen molar-refractivity contribution in [2.75, 3.05) is 13.6 Å². The third kappa shape index (κ3) is 5.30. The first kappa shape index (κ1) is 15.5. The molecule has 1 aromatic carbocycles. The number of aryl methyl sites for hydroxylation is 1. The minimum absolute atomic E-state index is 0.207. The van der Waals surface area contributed by atoms with Crippen molar-refractivity contribution in [2.45, 2.75) is 39.4 Å². The quantitative estimate of drug-likeness (QED) is 0.914. The van der Waals surface area contributed by atoms with E-state index in [-0.39, 0.29) is 6.54 Å². The molecular weight excluding hydrogens is 242 g/mol. The number of aliphatic hydroxyl groups is 1. The Bertz CT molecular complexity index is 437. The van der Waals surface area contributed by atoms with Crippen LogP contribution in [0.15, 0.2) is 24.3 Å². The molecule has 0 saturated carbocycles. The fourth-order valence-corrected chi connectivity index (χ4v) is 1.66. The first-order chi connectivity index (χ1) is 8.69. The number of rotatable bonds is 3. The van der Waals surface area contributed by atoms with Crippen molar-refractivity contribution < 1.29 is 14.6 Å². The molecule has 0 heterocycles. The molecule has 4 heteroatoms. The summed E-state index contributed by atoms with van der Waals surface area (Å²) in [7, 11) is 1.62. The van der Waals surface area contributed by atoms with Crippen LogP contribution in [0.25, 0.3) is 0 Å². The molecular formula is C15H23NO3. The molecule has 0 aromatic heterocycles. The van der Waals surface area contributed by atoms with Crippen LogP contribution in [-0.2, 0) is 4.74 Å². The van der Waals surface area contributed by atoms with Gasteiger partial charge in [0.15, 0.2) is 0 Å². The first-order valence-electron chi connectivity index (χ1n) is 6.38. The van der Waals surface area contributed by atoms with Gasteiger partial charge in [-0.05, 0) is 33.3 Å². The van der Waals surface area contributed by atoms with Gasteiger partial charge in [-0.25, -0.2) is 4.79 Å². The second-order valence-corrected chi connectivity index (χ2v) is 5.79. The average Bonchev–Trinajstić information content (AvgIpc) is 2.26. The molecule has 0 aliphatic rings. The van der Waals surface area contributed by atoms with Crippen LogP contribution in [0, 0.1) is 6.92 Å². The SMILES string of the molecule is Cc1cccc(C(O)CN(C)C(=O)OC(C)(C)C)c1. The molecule has 0 bridgehead atoms. The summed E-state index contributed by atoms with van der Waals surface area (Å²) in [5.41, 5.74) is 1.35. The largest absolute Gasteiger partial charge is 0.444 e. The molecule has 0 fully saturated rings. The van der Waals surface area contributed by atoms with Crippen molar-refractivity contribution >= 4 is 6.09 Å². The number of hydrogen-bond donors (Lipinski definition) is 1. The molecule has 19 heavy (non-hydrogen) atoms. The van der Waals surface area contributed by atoms with Gasteiger partial charge < -0.3 is 14.7 Å². The minimum atomic E-state index is -0.711. The fourth-order valence-electron chi connectivity index (χ4n) is 1.66. The Morgan fingerprint density at radius 2 is 2.05 bits per heavy atom. The van der Waals surface area contributed by atoms with E-state index in [1.807, 2.05) is 52.0 Å². The van der Waals surface area contributed by atoms with Crippen molar-refractivity contribution in [3.05, 3.63) is 35.4 Å². The van der Waals surface area contributed by atoms with Gasteiger partial charge in [0.2, 0.25) is 0 Å². The summed E-state index contributed by atoms with van der Waals surface area (Å²) in [6, 6.07) is 7.61. The highest BCUT2D eigenvalue weighted by atomic mass is 16.6. The van der Waals surface area contributed by atoms with E-state index in [1.54, 1.807) is 7.05 Å². The summed E-state index contributed by atoms with van der Waals surface area (Å²) in [4.78, 5) is 13.2. The Morgan fingerprint density at radius 1 is 1.42 bits per heavy atom. The maximum absolute atomic E-state index is 11.8. The molecule has 0 aliphatic carbocycles. The van der Waals surface area contributed by atoms with Crippen molar-refractivity contribution in [3.8, 4) is 0 Å². The van der Waals surface area contributed by atoms with Crippen LogP contribution >= 0.6 is 0 Å². The van der Waals surface area contributed by atoms with Crippen molar-refractivity contribution in [1.82, 2.24) is 4.90 Å². The van der Waals surface area contributed by atoms with E-state index in [1.165, 1.54) is 4.90 Å². The molecule has 1 unspecified atom stereocenters. The lowest BCUT2D eigenvalue weighted by Crippen LogP contribution is -2.36. The number of benzene rings is 1. The lowest BCUT2D eigenvalue weighted by atomic mass is 10.1. The zero-order chi connectivity index (χ0) is 14.6. The topological polar surface area (TPSA) is 49.8 Å². The Labute approximate surface area is 115 Å². The summed E-state index contributed by atoms with van der Waals surface area (Å²) in [5, 5.41) is 10.1. The van der Waals surface area contributed by atoms with Gasteiger partial charge in [0.25, 0.3) is 0 Å². The van der Waals surface area contributed by atoms with E-state index >= 15 is 0 Å². The number of hydrogen-bond acceptors (Lipinski definition) is 3. The molecule has 1 aromatic rings. The predicted molar refractivity (Wildman–Crippen MR) is 75.0 cm³/mol. The van der Waals surface area contributed by atoms with Gasteiger partial charge in [-0.15, -0.1) is 0 Å². The normalized spacial score (nSPS) is 12.9. The predicted octanol–water partition coefficient (Wildman–Crippen LogP) is 2.90. The van der Waals surface area contributed by atoms with E-state index in [0.717, 1.165) is 11.1 Å². The second kappa shape index (κ2) is 6.06. The zero-order valence-corrected chi connectivity index (χ0v) is 12.3. The third-order valence-electron chi connectivity index (χ3n) is 2.58. The molecule has 0 radical (unpaired) electrons. The number of ether oxygens (including phenoxy) is 1. The van der Waals surface area contributed by atoms with Gasteiger partial charge >= 0.3 is 6.09 Å². The lowest BCUT2D eigenvalue weighted by molar-refractivity contribution is 0.0205. The van der Waals surface area contributed by atoms with Crippen LogP contribution in [0.4, 0.5) is 4.79 Å². The van der Waals surface area contributed by atoms with Gasteiger partial charge in [-0.3, -0.25) is 0 Å². The van der Waals surface area contributed by atoms with Crippen LogP contribution in [0.3, 0.4) is 0 Å². The molecule has 0 aliphatic heterocycles. The van der Waals surface area contributed by atoms with Crippen LogP contribution in [0.5, 0.6) is 0 Å². The van der Waals surface area contributed by atoms with Crippen molar-refractivity contribution in [2.24, 2.45) is 0 Å². The van der Waals surface area contributed by atoms with E-state index in [9.17, 15) is 9.90 Å². The Balaban J connectivity index is 2.61. The van der Waals surface area contributed by atoms with Crippen LogP contribution in [-0.4, -0.2) is 35.3 Å². The Morgan fingerprint density at radius 3 is 2.58 bits per heavy atom. The molecule has 106 valence electrons. The molecule has 0 spiro atoms. The van der Waals surface area contributed by atoms with Gasteiger partial charge in [0, 0.05) is 7.05 Å². The summed E-state index contributed by atoms with van der Waals surface area (Å²) in [6.45, 7) is 7.62. The zero-order valence-electron chi connectivity index (χ0n) is 12.3. The first-order valence-corrected chi connectivity index (χ1v) is 6.38. The van der Waals surface area contributed by atoms with Gasteiger partial charge in [-0.1, -0.05) is 29.8 Å². The summed E-state index contributed by atoms with van der Waals surface area (Å²) in [6.07, 6.45) is -1.14. The maximum Gasteiger partial charge on any atom is 0.410 e. The lowest BCUT2D eigenvalue weighted by Gasteiger charge is -2.26. The standard InChI is InChI=1S/C15H23NO3/c1-11-7-6-8-12(9-11)13(17)10-16(5)14(18)19-15(2,3)4/h6-9,13,17H,10H2,1-5H3. The molecule has 1 N–H and O–H groups in total. The van der Waals surface area contributed by atoms with Crippen molar-refractivity contribution in [3.63, 3.8) is 0 Å². The smallest absolute Gasteiger partial charge is 0.410 e. The minimum Gasteiger partial charge on any atom is -0.444 e. The highest BCUT2D eigenvalue weighted by Crippen LogP contribution is 2.16. The number of carbonyl (C=O) groups excluding carboxylic acids is 1. The highest BCUT2D eigenvalue weighted by molar-refractivity contribution is 5.67. The second-order valence-electron chi connectivity index (χ2n) is 5.79. The maximum atomic E-state index is 11.8. The van der Waals surface area contributed by atoms with E-state index in [0.29, 0.717) is 0 Å². The average molecular weight is 265 g/mol. The van der Waals surface area contributed by atoms with E-state index < -0.39 is 17.8 Å². The highest BCUT2D eigenvalue weighted by Gasteiger charge is 2.21. The van der Waals surface area contributed by atoms with Gasteiger partial charge in [0.1, 0.15) is 5.60 Å². The monoisotopic (exact) mass is 265 g/mol. The molecule has 4 nitrogen and oxygen atoms in total. The molecule has 1 atom stereocenters. The van der Waals surface area contributed by atoms with Crippen LogP contribution in [0.1, 0.15) is 38.0 Å². The molecule has 1 amide bonds. The fraction of sp³-hybridized carbons (Fsp3) is 0.533.